The van der Waals surface area contributed by atoms with E-state index in [4.69, 9.17) is 0 Å². The molecule has 0 saturated heterocycles. The third kappa shape index (κ3) is 2.72. The van der Waals surface area contributed by atoms with Gasteiger partial charge in [0.25, 0.3) is 11.7 Å². The first-order valence-corrected chi connectivity index (χ1v) is 6.47. The maximum atomic E-state index is 11.9. The Hall–Kier alpha value is -1.97. The van der Waals surface area contributed by atoms with Crippen LogP contribution in [0.1, 0.15) is 42.1 Å². The van der Waals surface area contributed by atoms with Crippen LogP contribution in [0.4, 0.5) is 5.69 Å². The number of fused-ring (bicyclic) bond motifs is 1. The predicted octanol–water partition coefficient (Wildman–Crippen LogP) is 2.28. The summed E-state index contributed by atoms with van der Waals surface area (Å²) in [6, 6.07) is 5.47. The normalized spacial score (nSPS) is 13.9. The molecular formula is C15H17NO3. The van der Waals surface area contributed by atoms with Crippen LogP contribution in [0, 0.1) is 6.92 Å². The Kier molecular flexibility index (Phi) is 3.79. The van der Waals surface area contributed by atoms with Gasteiger partial charge < -0.3 is 9.69 Å². The Morgan fingerprint density at radius 1 is 1.21 bits per heavy atom. The summed E-state index contributed by atoms with van der Waals surface area (Å²) in [6.45, 7) is 3.95. The lowest BCUT2D eigenvalue weighted by molar-refractivity contribution is -0.117. The zero-order chi connectivity index (χ0) is 14.0. The molecule has 0 unspecified atom stereocenters. The van der Waals surface area contributed by atoms with E-state index in [1.54, 1.807) is 13.0 Å². The average Bonchev–Trinajstić information content (AvgIpc) is 2.59. The highest BCUT2D eigenvalue weighted by molar-refractivity contribution is 6.52. The van der Waals surface area contributed by atoms with Gasteiger partial charge in [0.05, 0.1) is 11.3 Å². The minimum Gasteiger partial charge on any atom is -0.305 e. The van der Waals surface area contributed by atoms with E-state index in [2.05, 4.69) is 0 Å². The molecule has 0 aliphatic carbocycles. The van der Waals surface area contributed by atoms with E-state index in [0.29, 0.717) is 24.2 Å². The van der Waals surface area contributed by atoms with E-state index < -0.39 is 11.7 Å². The van der Waals surface area contributed by atoms with Gasteiger partial charge in [-0.15, -0.1) is 0 Å². The zero-order valence-corrected chi connectivity index (χ0v) is 11.2. The van der Waals surface area contributed by atoms with Crippen LogP contribution in [-0.4, -0.2) is 24.0 Å². The van der Waals surface area contributed by atoms with Crippen LogP contribution >= 0.6 is 0 Å². The number of carbonyl (C=O) groups is 3. The van der Waals surface area contributed by atoms with Crippen molar-refractivity contribution in [2.24, 2.45) is 0 Å². The summed E-state index contributed by atoms with van der Waals surface area (Å²) < 4.78 is 0. The van der Waals surface area contributed by atoms with E-state index in [0.717, 1.165) is 18.4 Å². The van der Waals surface area contributed by atoms with Crippen LogP contribution in [0.25, 0.3) is 0 Å². The van der Waals surface area contributed by atoms with E-state index in [1.165, 1.54) is 4.90 Å². The lowest BCUT2D eigenvalue weighted by atomic mass is 10.1. The smallest absolute Gasteiger partial charge is 0.299 e. The maximum absolute atomic E-state index is 11.9. The fourth-order valence-electron chi connectivity index (χ4n) is 2.28. The predicted molar refractivity (Wildman–Crippen MR) is 72.4 cm³/mol. The molecule has 1 aromatic carbocycles. The zero-order valence-electron chi connectivity index (χ0n) is 11.2. The van der Waals surface area contributed by atoms with Crippen molar-refractivity contribution >= 4 is 23.2 Å². The second-order valence-corrected chi connectivity index (χ2v) is 4.97. The van der Waals surface area contributed by atoms with Crippen molar-refractivity contribution in [3.05, 3.63) is 29.3 Å². The summed E-state index contributed by atoms with van der Waals surface area (Å²) in [5.74, 6) is -0.728. The molecule has 1 amide bonds. The number of anilines is 1. The standard InChI is InChI=1S/C15H17NO3/c1-10-6-7-13-12(9-10)14(18)15(19)16(13)8-4-3-5-11(2)17/h6-7,9H,3-5,8H2,1-2H3. The molecule has 1 aliphatic heterocycles. The molecule has 0 atom stereocenters. The minimum absolute atomic E-state index is 0.153. The first-order chi connectivity index (χ1) is 9.00. The molecule has 0 spiro atoms. The van der Waals surface area contributed by atoms with Crippen LogP contribution in [-0.2, 0) is 9.59 Å². The largest absolute Gasteiger partial charge is 0.305 e. The van der Waals surface area contributed by atoms with Crippen molar-refractivity contribution in [1.29, 1.82) is 0 Å². The molecule has 1 heterocycles. The van der Waals surface area contributed by atoms with Crippen molar-refractivity contribution in [2.45, 2.75) is 33.1 Å². The van der Waals surface area contributed by atoms with Gasteiger partial charge in [-0.2, -0.15) is 0 Å². The van der Waals surface area contributed by atoms with Gasteiger partial charge in [-0.1, -0.05) is 11.6 Å². The molecule has 0 saturated carbocycles. The molecule has 0 bridgehead atoms. The van der Waals surface area contributed by atoms with E-state index in [-0.39, 0.29) is 5.78 Å². The average molecular weight is 259 g/mol. The fourth-order valence-corrected chi connectivity index (χ4v) is 2.28. The first-order valence-electron chi connectivity index (χ1n) is 6.47. The fraction of sp³-hybridized carbons (Fsp3) is 0.400. The van der Waals surface area contributed by atoms with Crippen LogP contribution in [0.15, 0.2) is 18.2 Å². The van der Waals surface area contributed by atoms with Gasteiger partial charge in [-0.25, -0.2) is 0 Å². The Morgan fingerprint density at radius 2 is 1.95 bits per heavy atom. The van der Waals surface area contributed by atoms with Gasteiger partial charge >= 0.3 is 0 Å². The Balaban J connectivity index is 2.08. The van der Waals surface area contributed by atoms with Crippen molar-refractivity contribution in [1.82, 2.24) is 0 Å². The van der Waals surface area contributed by atoms with Crippen molar-refractivity contribution in [3.8, 4) is 0 Å². The minimum atomic E-state index is -0.455. The lowest BCUT2D eigenvalue weighted by Crippen LogP contribution is -2.30. The molecule has 0 aromatic heterocycles. The number of hydrogen-bond acceptors (Lipinski definition) is 3. The van der Waals surface area contributed by atoms with E-state index in [1.807, 2.05) is 19.1 Å². The number of rotatable bonds is 5. The van der Waals surface area contributed by atoms with E-state index in [9.17, 15) is 14.4 Å². The Bertz CT molecular complexity index is 548. The number of hydrogen-bond donors (Lipinski definition) is 0. The number of amides is 1. The molecule has 4 heteroatoms. The summed E-state index contributed by atoms with van der Waals surface area (Å²) in [7, 11) is 0. The number of benzene rings is 1. The quantitative estimate of drug-likeness (QED) is 0.602. The molecule has 1 aliphatic rings. The Labute approximate surface area is 112 Å². The van der Waals surface area contributed by atoms with Gasteiger partial charge in [0.1, 0.15) is 5.78 Å². The lowest BCUT2D eigenvalue weighted by Gasteiger charge is -2.16. The molecule has 19 heavy (non-hydrogen) atoms. The summed E-state index contributed by atoms with van der Waals surface area (Å²) >= 11 is 0. The molecule has 1 aromatic rings. The van der Waals surface area contributed by atoms with Gasteiger partial charge in [0.2, 0.25) is 0 Å². The van der Waals surface area contributed by atoms with Crippen LogP contribution < -0.4 is 4.90 Å². The highest BCUT2D eigenvalue weighted by Gasteiger charge is 2.35. The van der Waals surface area contributed by atoms with Gasteiger partial charge in [0, 0.05) is 13.0 Å². The molecule has 0 N–H and O–H groups in total. The van der Waals surface area contributed by atoms with Crippen molar-refractivity contribution in [2.75, 3.05) is 11.4 Å². The molecule has 0 fully saturated rings. The second-order valence-electron chi connectivity index (χ2n) is 4.97. The van der Waals surface area contributed by atoms with Crippen molar-refractivity contribution < 1.29 is 14.4 Å². The van der Waals surface area contributed by atoms with Gasteiger partial charge in [-0.3, -0.25) is 9.59 Å². The Morgan fingerprint density at radius 3 is 2.63 bits per heavy atom. The highest BCUT2D eigenvalue weighted by atomic mass is 16.2. The number of carbonyl (C=O) groups excluding carboxylic acids is 3. The van der Waals surface area contributed by atoms with Crippen LogP contribution in [0.5, 0.6) is 0 Å². The number of ketones is 2. The maximum Gasteiger partial charge on any atom is 0.299 e. The number of nitrogens with zero attached hydrogens (tertiary/aromatic N) is 1. The number of unbranched alkanes of at least 4 members (excludes halogenated alkanes) is 1. The third-order valence-corrected chi connectivity index (χ3v) is 3.29. The van der Waals surface area contributed by atoms with E-state index >= 15 is 0 Å². The number of aryl methyl sites for hydroxylation is 1. The van der Waals surface area contributed by atoms with Crippen LogP contribution in [0.3, 0.4) is 0 Å². The van der Waals surface area contributed by atoms with Crippen LogP contribution in [0.2, 0.25) is 0 Å². The van der Waals surface area contributed by atoms with Gasteiger partial charge in [0.15, 0.2) is 0 Å². The molecule has 2 rings (SSSR count). The first kappa shape index (κ1) is 13.5. The number of Topliss-reactive ketones (excluding diaryl/α,β-unsaturated/α-hetero) is 2. The SMILES string of the molecule is CC(=O)CCCCN1C(=O)C(=O)c2cc(C)ccc21. The summed E-state index contributed by atoms with van der Waals surface area (Å²) in [5, 5.41) is 0. The molecule has 100 valence electrons. The monoisotopic (exact) mass is 259 g/mol. The summed E-state index contributed by atoms with van der Waals surface area (Å²) in [6.07, 6.45) is 2.00. The summed E-state index contributed by atoms with van der Waals surface area (Å²) in [4.78, 5) is 36.1. The molecular weight excluding hydrogens is 242 g/mol. The topological polar surface area (TPSA) is 54.5 Å². The van der Waals surface area contributed by atoms with Crippen molar-refractivity contribution in [3.63, 3.8) is 0 Å². The second kappa shape index (κ2) is 5.34. The third-order valence-electron chi connectivity index (χ3n) is 3.29. The molecule has 4 nitrogen and oxygen atoms in total. The van der Waals surface area contributed by atoms with Gasteiger partial charge in [-0.05, 0) is 38.8 Å². The summed E-state index contributed by atoms with van der Waals surface area (Å²) in [5.41, 5.74) is 2.17. The highest BCUT2D eigenvalue weighted by Crippen LogP contribution is 2.29. The molecule has 0 radical (unpaired) electrons.